The van der Waals surface area contributed by atoms with E-state index in [0.29, 0.717) is 21.3 Å². The Kier molecular flexibility index (Phi) is 4.26. The fourth-order valence-corrected chi connectivity index (χ4v) is 3.29. The molecule has 6 nitrogen and oxygen atoms in total. The first-order valence-corrected chi connectivity index (χ1v) is 7.89. The number of nitrogens with one attached hydrogen (secondary N) is 1. The van der Waals surface area contributed by atoms with Gasteiger partial charge in [0, 0.05) is 23.5 Å². The summed E-state index contributed by atoms with van der Waals surface area (Å²) < 4.78 is 2.28. The third-order valence-corrected chi connectivity index (χ3v) is 4.48. The van der Waals surface area contributed by atoms with E-state index in [4.69, 9.17) is 12.2 Å². The van der Waals surface area contributed by atoms with E-state index in [-0.39, 0.29) is 11.6 Å². The molecular formula is C15H11N3O3S2. The Bertz CT molecular complexity index is 842. The van der Waals surface area contributed by atoms with Crippen molar-refractivity contribution in [2.45, 2.75) is 6.54 Å². The van der Waals surface area contributed by atoms with E-state index in [1.807, 2.05) is 22.9 Å². The Morgan fingerprint density at radius 2 is 2.09 bits per heavy atom. The van der Waals surface area contributed by atoms with Gasteiger partial charge in [-0.2, -0.15) is 0 Å². The molecule has 23 heavy (non-hydrogen) atoms. The topological polar surface area (TPSA) is 77.2 Å². The van der Waals surface area contributed by atoms with Gasteiger partial charge in [0.15, 0.2) is 0 Å². The van der Waals surface area contributed by atoms with Crippen LogP contribution in [0.25, 0.3) is 6.08 Å². The average Bonchev–Trinajstić information content (AvgIpc) is 3.06. The van der Waals surface area contributed by atoms with E-state index in [9.17, 15) is 14.9 Å². The molecule has 0 bridgehead atoms. The third kappa shape index (κ3) is 3.33. The molecule has 0 radical (unpaired) electrons. The number of hydrogen-bond donors (Lipinski definition) is 1. The fraction of sp³-hybridized carbons (Fsp3) is 0.0667. The Labute approximate surface area is 141 Å². The predicted octanol–water partition coefficient (Wildman–Crippen LogP) is 2.93. The van der Waals surface area contributed by atoms with Gasteiger partial charge in [0.1, 0.15) is 4.32 Å². The van der Waals surface area contributed by atoms with Crippen LogP contribution in [0.2, 0.25) is 0 Å². The van der Waals surface area contributed by atoms with Crippen LogP contribution in [0.4, 0.5) is 5.69 Å². The van der Waals surface area contributed by atoms with Gasteiger partial charge >= 0.3 is 0 Å². The molecular weight excluding hydrogens is 334 g/mol. The van der Waals surface area contributed by atoms with Crippen LogP contribution in [0.1, 0.15) is 11.3 Å². The zero-order valence-electron chi connectivity index (χ0n) is 11.8. The second-order valence-electron chi connectivity index (χ2n) is 4.80. The SMILES string of the molecule is O=C1NC(=S)S/C1=C\c1cccn1Cc1ccccc1[N+](=O)[O-]. The van der Waals surface area contributed by atoms with Gasteiger partial charge in [0.05, 0.1) is 16.4 Å². The van der Waals surface area contributed by atoms with Crippen molar-refractivity contribution in [3.8, 4) is 0 Å². The smallest absolute Gasteiger partial charge is 0.274 e. The maximum atomic E-state index is 11.7. The summed E-state index contributed by atoms with van der Waals surface area (Å²) >= 11 is 6.17. The molecule has 0 saturated carbocycles. The van der Waals surface area contributed by atoms with Crippen LogP contribution in [0.15, 0.2) is 47.5 Å². The zero-order chi connectivity index (χ0) is 16.4. The Hall–Kier alpha value is -2.45. The summed E-state index contributed by atoms with van der Waals surface area (Å²) in [7, 11) is 0. The molecule has 1 amide bonds. The fourth-order valence-electron chi connectivity index (χ4n) is 2.26. The van der Waals surface area contributed by atoms with Crippen molar-refractivity contribution in [1.29, 1.82) is 0 Å². The van der Waals surface area contributed by atoms with Crippen molar-refractivity contribution >= 4 is 46.0 Å². The number of carbonyl (C=O) groups is 1. The number of amides is 1. The quantitative estimate of drug-likeness (QED) is 0.399. The van der Waals surface area contributed by atoms with Crippen LogP contribution >= 0.6 is 24.0 Å². The van der Waals surface area contributed by atoms with Crippen molar-refractivity contribution in [2.24, 2.45) is 0 Å². The van der Waals surface area contributed by atoms with E-state index in [1.165, 1.54) is 17.8 Å². The van der Waals surface area contributed by atoms with Crippen LogP contribution in [0.5, 0.6) is 0 Å². The third-order valence-electron chi connectivity index (χ3n) is 3.31. The van der Waals surface area contributed by atoms with E-state index in [1.54, 1.807) is 24.3 Å². The summed E-state index contributed by atoms with van der Waals surface area (Å²) in [6.07, 6.45) is 3.55. The lowest BCUT2D eigenvalue weighted by atomic mass is 10.2. The standard InChI is InChI=1S/C15H11N3O3S2/c19-14-13(23-15(22)16-14)8-11-5-3-7-17(11)9-10-4-1-2-6-12(10)18(20)21/h1-8H,9H2,(H,16,19,22)/b13-8-. The van der Waals surface area contributed by atoms with Crippen LogP contribution in [-0.2, 0) is 11.3 Å². The Morgan fingerprint density at radius 1 is 1.30 bits per heavy atom. The summed E-state index contributed by atoms with van der Waals surface area (Å²) in [6, 6.07) is 10.3. The second kappa shape index (κ2) is 6.35. The van der Waals surface area contributed by atoms with Gasteiger partial charge in [-0.15, -0.1) is 0 Å². The van der Waals surface area contributed by atoms with Crippen LogP contribution in [0, 0.1) is 10.1 Å². The summed E-state index contributed by atoms with van der Waals surface area (Å²) in [5.74, 6) is -0.224. The summed E-state index contributed by atoms with van der Waals surface area (Å²) in [6.45, 7) is 0.347. The molecule has 2 heterocycles. The number of nitrogens with zero attached hydrogens (tertiary/aromatic N) is 2. The van der Waals surface area contributed by atoms with Gasteiger partial charge in [-0.25, -0.2) is 0 Å². The number of nitro benzene ring substituents is 1. The lowest BCUT2D eigenvalue weighted by Crippen LogP contribution is -2.17. The van der Waals surface area contributed by atoms with Gasteiger partial charge in [-0.1, -0.05) is 42.2 Å². The monoisotopic (exact) mass is 345 g/mol. The highest BCUT2D eigenvalue weighted by atomic mass is 32.2. The molecule has 2 aromatic rings. The van der Waals surface area contributed by atoms with Gasteiger partial charge in [0.25, 0.3) is 11.6 Å². The highest BCUT2D eigenvalue weighted by Gasteiger charge is 2.22. The van der Waals surface area contributed by atoms with Crippen molar-refractivity contribution < 1.29 is 9.72 Å². The zero-order valence-corrected chi connectivity index (χ0v) is 13.4. The van der Waals surface area contributed by atoms with Crippen molar-refractivity contribution in [2.75, 3.05) is 0 Å². The summed E-state index contributed by atoms with van der Waals surface area (Å²) in [4.78, 5) is 23.0. The molecule has 1 aromatic carbocycles. The second-order valence-corrected chi connectivity index (χ2v) is 6.52. The molecule has 0 aliphatic carbocycles. The average molecular weight is 345 g/mol. The molecule has 0 unspecified atom stereocenters. The normalized spacial score (nSPS) is 15.9. The Balaban J connectivity index is 1.91. The van der Waals surface area contributed by atoms with E-state index < -0.39 is 4.92 Å². The molecule has 0 atom stereocenters. The largest absolute Gasteiger partial charge is 0.343 e. The predicted molar refractivity (Wildman–Crippen MR) is 92.9 cm³/mol. The van der Waals surface area contributed by atoms with Gasteiger partial charge in [-0.05, 0) is 18.2 Å². The number of nitro groups is 1. The molecule has 0 spiro atoms. The van der Waals surface area contributed by atoms with Gasteiger partial charge in [0.2, 0.25) is 0 Å². The maximum Gasteiger partial charge on any atom is 0.274 e. The van der Waals surface area contributed by atoms with Gasteiger partial charge in [-0.3, -0.25) is 14.9 Å². The molecule has 1 aromatic heterocycles. The van der Waals surface area contributed by atoms with E-state index in [0.717, 1.165) is 5.69 Å². The number of hydrogen-bond acceptors (Lipinski definition) is 5. The minimum Gasteiger partial charge on any atom is -0.343 e. The number of thiocarbonyl (C=S) groups is 1. The number of thioether (sulfide) groups is 1. The minimum atomic E-state index is -0.393. The van der Waals surface area contributed by atoms with Crippen LogP contribution in [-0.4, -0.2) is 19.7 Å². The first-order valence-electron chi connectivity index (χ1n) is 6.67. The van der Waals surface area contributed by atoms with E-state index in [2.05, 4.69) is 5.32 Å². The lowest BCUT2D eigenvalue weighted by Gasteiger charge is -2.07. The molecule has 116 valence electrons. The molecule has 1 aliphatic heterocycles. The lowest BCUT2D eigenvalue weighted by molar-refractivity contribution is -0.385. The van der Waals surface area contributed by atoms with E-state index >= 15 is 0 Å². The number of benzene rings is 1. The van der Waals surface area contributed by atoms with Crippen LogP contribution in [0.3, 0.4) is 0 Å². The maximum absolute atomic E-state index is 11.7. The number of aromatic nitrogens is 1. The minimum absolute atomic E-state index is 0.0777. The molecule has 1 saturated heterocycles. The number of para-hydroxylation sites is 1. The highest BCUT2D eigenvalue weighted by molar-refractivity contribution is 8.26. The van der Waals surface area contributed by atoms with Crippen molar-refractivity contribution in [3.63, 3.8) is 0 Å². The molecule has 1 fully saturated rings. The molecule has 8 heteroatoms. The molecule has 1 N–H and O–H groups in total. The van der Waals surface area contributed by atoms with Gasteiger partial charge < -0.3 is 9.88 Å². The van der Waals surface area contributed by atoms with Crippen molar-refractivity contribution in [1.82, 2.24) is 9.88 Å². The first-order chi connectivity index (χ1) is 11.0. The van der Waals surface area contributed by atoms with Crippen molar-refractivity contribution in [3.05, 3.63) is 68.9 Å². The number of rotatable bonds is 4. The molecule has 3 rings (SSSR count). The summed E-state index contributed by atoms with van der Waals surface area (Å²) in [5, 5.41) is 13.7. The first kappa shape index (κ1) is 15.4. The van der Waals surface area contributed by atoms with Crippen LogP contribution < -0.4 is 5.32 Å². The number of carbonyl (C=O) groups excluding carboxylic acids is 1. The highest BCUT2D eigenvalue weighted by Crippen LogP contribution is 2.26. The summed E-state index contributed by atoms with van der Waals surface area (Å²) in [5.41, 5.74) is 1.46. The Morgan fingerprint density at radius 3 is 2.78 bits per heavy atom. The molecule has 1 aliphatic rings.